The van der Waals surface area contributed by atoms with E-state index in [1.165, 1.54) is 6.07 Å². The summed E-state index contributed by atoms with van der Waals surface area (Å²) in [7, 11) is -4.12. The monoisotopic (exact) mass is 700 g/mol. The van der Waals surface area contributed by atoms with E-state index < -0.39 is 10.0 Å². The minimum Gasteiger partial charge on any atom is -0.324 e. The van der Waals surface area contributed by atoms with Gasteiger partial charge in [-0.2, -0.15) is 0 Å². The molecule has 0 unspecified atom stereocenters. The third kappa shape index (κ3) is 4.56. The van der Waals surface area contributed by atoms with Gasteiger partial charge >= 0.3 is 0 Å². The van der Waals surface area contributed by atoms with Crippen LogP contribution >= 0.6 is 0 Å². The van der Waals surface area contributed by atoms with E-state index in [2.05, 4.69) is 9.97 Å². The van der Waals surface area contributed by atoms with Crippen molar-refractivity contribution >= 4 is 54.2 Å². The number of nitrogens with zero attached hydrogens (tertiary/aromatic N) is 6. The molecule has 11 nitrogen and oxygen atoms in total. The van der Waals surface area contributed by atoms with Crippen LogP contribution in [0.25, 0.3) is 89.7 Å². The Bertz CT molecular complexity index is 2670. The molecule has 4 N–H and O–H groups in total. The van der Waals surface area contributed by atoms with Crippen LogP contribution in [0.4, 0.5) is 0 Å². The van der Waals surface area contributed by atoms with Gasteiger partial charge in [-0.25, -0.2) is 43.5 Å². The summed E-state index contributed by atoms with van der Waals surface area (Å²) >= 11 is 0. The zero-order chi connectivity index (χ0) is 29.6. The average Bonchev–Trinajstić information content (AvgIpc) is 3.76. The van der Waals surface area contributed by atoms with Crippen molar-refractivity contribution in [1.29, 1.82) is 0 Å². The third-order valence-electron chi connectivity index (χ3n) is 7.85. The summed E-state index contributed by atoms with van der Waals surface area (Å²) in [6.07, 6.45) is 0. The summed E-state index contributed by atoms with van der Waals surface area (Å²) in [4.78, 5) is 35.9. The molecule has 4 aromatic carbocycles. The van der Waals surface area contributed by atoms with E-state index in [9.17, 15) is 8.42 Å². The molecule has 5 heterocycles. The van der Waals surface area contributed by atoms with Gasteiger partial charge in [0.2, 0.25) is 10.0 Å². The summed E-state index contributed by atoms with van der Waals surface area (Å²) in [5, 5.41) is 8.26. The van der Waals surface area contributed by atoms with E-state index in [4.69, 9.17) is 35.0 Å². The van der Waals surface area contributed by atoms with Crippen LogP contribution in [0.2, 0.25) is 0 Å². The van der Waals surface area contributed by atoms with Gasteiger partial charge < -0.3 is 9.97 Å². The smallest absolute Gasteiger partial charge is 0.238 e. The Morgan fingerprint density at radius 2 is 0.848 bits per heavy atom. The molecule has 0 spiro atoms. The number of H-pyrrole nitrogens is 2. The predicted octanol–water partition coefficient (Wildman–Crippen LogP) is 5.51. The second-order valence-electron chi connectivity index (χ2n) is 10.5. The molecule has 0 saturated heterocycles. The number of aromatic nitrogens is 8. The standard InChI is InChI=1S/C32H19N9O2S.Fe.V/c33-44(42,43)23-15-7-14-22-24(23)32-40-30-21-13-6-5-12-20(21)28(38-30)36-26-17-9-2-1-8-16(17)25(34-26)35-27-18-10-3-4-11-19(18)29(37-27)39-31(22)41-32;;/h1-15H,(H2,33,42,43)(H2,34,35,36,37,38,39,40,41);;. The Balaban J connectivity index is 0.00000169. The largest absolute Gasteiger partial charge is 0.324 e. The number of nitrogens with two attached hydrogens (primary N) is 1. The molecule has 1 radical (unpaired) electrons. The number of hydrogen-bond donors (Lipinski definition) is 3. The zero-order valence-corrected chi connectivity index (χ0v) is 26.8. The summed E-state index contributed by atoms with van der Waals surface area (Å²) in [5.74, 6) is 1.72. The molecule has 14 heteroatoms. The minimum absolute atomic E-state index is 0. The van der Waals surface area contributed by atoms with Crippen LogP contribution < -0.4 is 5.14 Å². The quantitative estimate of drug-likeness (QED) is 0.188. The maximum absolute atomic E-state index is 12.7. The molecule has 9 rings (SSSR count). The maximum atomic E-state index is 12.7. The van der Waals surface area contributed by atoms with Gasteiger partial charge in [0.25, 0.3) is 0 Å². The Kier molecular flexibility index (Phi) is 7.13. The first-order valence-corrected chi connectivity index (χ1v) is 15.2. The van der Waals surface area contributed by atoms with Gasteiger partial charge in [-0.05, 0) is 6.07 Å². The van der Waals surface area contributed by atoms with Crippen LogP contribution in [0.1, 0.15) is 0 Å². The van der Waals surface area contributed by atoms with Crippen molar-refractivity contribution in [3.8, 4) is 45.6 Å². The number of rotatable bonds is 1. The van der Waals surface area contributed by atoms with Gasteiger partial charge in [0.1, 0.15) is 22.6 Å². The third-order valence-corrected chi connectivity index (χ3v) is 8.80. The summed E-state index contributed by atoms with van der Waals surface area (Å²) in [6.45, 7) is 0. The van der Waals surface area contributed by atoms with Crippen LogP contribution in [0.5, 0.6) is 0 Å². The number of hydrogen-bond acceptors (Lipinski definition) is 8. The molecule has 223 valence electrons. The van der Waals surface area contributed by atoms with Crippen molar-refractivity contribution < 1.29 is 44.0 Å². The van der Waals surface area contributed by atoms with Crippen LogP contribution in [0.15, 0.2) is 95.9 Å². The molecule has 46 heavy (non-hydrogen) atoms. The van der Waals surface area contributed by atoms with E-state index in [0.717, 1.165) is 33.0 Å². The fraction of sp³-hybridized carbons (Fsp3) is 0. The molecule has 2 aliphatic rings. The number of benzene rings is 4. The molecule has 3 aromatic heterocycles. The molecule has 0 aliphatic carbocycles. The van der Waals surface area contributed by atoms with Crippen molar-refractivity contribution in [3.63, 3.8) is 0 Å². The first-order chi connectivity index (χ1) is 21.4. The topological polar surface area (TPSA) is 169 Å². The van der Waals surface area contributed by atoms with Crippen molar-refractivity contribution in [2.24, 2.45) is 5.14 Å². The number of aromatic amines is 2. The first-order valence-electron chi connectivity index (χ1n) is 13.7. The molecule has 0 atom stereocenters. The van der Waals surface area contributed by atoms with Gasteiger partial charge in [0.15, 0.2) is 23.3 Å². The second kappa shape index (κ2) is 11.0. The summed E-state index contributed by atoms with van der Waals surface area (Å²) in [6, 6.07) is 28.0. The molecule has 0 saturated carbocycles. The molecule has 0 fully saturated rings. The Morgan fingerprint density at radius 1 is 0.478 bits per heavy atom. The molecule has 8 bridgehead atoms. The van der Waals surface area contributed by atoms with Crippen LogP contribution in [0.3, 0.4) is 0 Å². The van der Waals surface area contributed by atoms with E-state index in [1.807, 2.05) is 72.8 Å². The number of nitrogens with one attached hydrogen (secondary N) is 2. The van der Waals surface area contributed by atoms with Gasteiger partial charge in [-0.3, -0.25) is 0 Å². The Morgan fingerprint density at radius 3 is 1.30 bits per heavy atom. The van der Waals surface area contributed by atoms with Crippen molar-refractivity contribution in [2.75, 3.05) is 0 Å². The number of primary sulfonamides is 1. The zero-order valence-electron chi connectivity index (χ0n) is 23.4. The van der Waals surface area contributed by atoms with Crippen LogP contribution in [-0.2, 0) is 45.6 Å². The first kappa shape index (κ1) is 29.9. The summed E-state index contributed by atoms with van der Waals surface area (Å²) in [5.41, 5.74) is 4.95. The van der Waals surface area contributed by atoms with E-state index in [0.29, 0.717) is 51.0 Å². The molecule has 2 aliphatic heterocycles. The van der Waals surface area contributed by atoms with Crippen molar-refractivity contribution in [2.45, 2.75) is 4.90 Å². The van der Waals surface area contributed by atoms with E-state index >= 15 is 0 Å². The van der Waals surface area contributed by atoms with Crippen LogP contribution in [-0.4, -0.2) is 48.3 Å². The SMILES string of the molecule is NS(=O)(=O)c1cccc2c3nc4nc(nc5[nH]c(nc6nc(nc([nH]3)c12)-c1ccccc1-6)c1ccccc51)-c1ccccc1-4.[Fe].[V]. The van der Waals surface area contributed by atoms with Crippen molar-refractivity contribution in [1.82, 2.24) is 39.9 Å². The Hall–Kier alpha value is -4.75. The summed E-state index contributed by atoms with van der Waals surface area (Å²) < 4.78 is 25.5. The number of sulfonamides is 1. The number of fused-ring (bicyclic) bond motifs is 20. The van der Waals surface area contributed by atoms with Gasteiger partial charge in [0.05, 0.1) is 4.90 Å². The molecule has 0 amide bonds. The average molecular weight is 700 g/mol. The van der Waals surface area contributed by atoms with E-state index in [1.54, 1.807) is 12.1 Å². The second-order valence-corrected chi connectivity index (χ2v) is 12.0. The molecule has 7 aromatic rings. The fourth-order valence-electron chi connectivity index (χ4n) is 5.90. The van der Waals surface area contributed by atoms with Crippen LogP contribution in [0, 0.1) is 0 Å². The van der Waals surface area contributed by atoms with Gasteiger partial charge in [-0.1, -0.05) is 84.9 Å². The van der Waals surface area contributed by atoms with E-state index in [-0.39, 0.29) is 46.2 Å². The van der Waals surface area contributed by atoms with Gasteiger partial charge in [-0.15, -0.1) is 0 Å². The predicted molar refractivity (Wildman–Crippen MR) is 167 cm³/mol. The minimum atomic E-state index is -4.12. The van der Waals surface area contributed by atoms with Crippen molar-refractivity contribution in [3.05, 3.63) is 91.0 Å². The molecular formula is C32H19FeN9O2SV. The Labute approximate surface area is 283 Å². The fourth-order valence-corrected chi connectivity index (χ4v) is 6.65. The van der Waals surface area contributed by atoms with Gasteiger partial charge in [0, 0.05) is 79.4 Å². The normalized spacial score (nSPS) is 11.8. The maximum Gasteiger partial charge on any atom is 0.238 e. The molecular weight excluding hydrogens is 681 g/mol.